The van der Waals surface area contributed by atoms with Gasteiger partial charge in [0.25, 0.3) is 0 Å². The normalized spacial score (nSPS) is 15.5. The summed E-state index contributed by atoms with van der Waals surface area (Å²) in [5, 5.41) is 13.0. The number of rotatable bonds is 9. The average Bonchev–Trinajstić information content (AvgIpc) is 2.72. The van der Waals surface area contributed by atoms with Crippen molar-refractivity contribution in [2.45, 2.75) is 45.8 Å². The molecule has 0 atom stereocenters. The van der Waals surface area contributed by atoms with Crippen LogP contribution in [0.2, 0.25) is 0 Å². The predicted octanol–water partition coefficient (Wildman–Crippen LogP) is 2.87. The van der Waals surface area contributed by atoms with E-state index in [1.807, 2.05) is 12.1 Å². The Morgan fingerprint density at radius 2 is 1.87 bits per heavy atom. The number of halogens is 1. The fourth-order valence-corrected chi connectivity index (χ4v) is 3.62. The topological polar surface area (TPSA) is 69.6 Å². The second kappa shape index (κ2) is 13.9. The molecule has 1 fully saturated rings. The predicted molar refractivity (Wildman–Crippen MR) is 133 cm³/mol. The Hall–Kier alpha value is -1.26. The van der Waals surface area contributed by atoms with Gasteiger partial charge in [-0.1, -0.05) is 0 Å². The van der Waals surface area contributed by atoms with Gasteiger partial charge in [0.1, 0.15) is 0 Å². The van der Waals surface area contributed by atoms with Crippen molar-refractivity contribution in [1.29, 1.82) is 0 Å². The number of guanidine groups is 1. The molecule has 2 rings (SSSR count). The van der Waals surface area contributed by atoms with Gasteiger partial charge in [-0.25, -0.2) is 0 Å². The lowest BCUT2D eigenvalue weighted by atomic mass is 10.1. The molecule has 1 aromatic rings. The van der Waals surface area contributed by atoms with E-state index in [1.165, 1.54) is 5.56 Å². The van der Waals surface area contributed by atoms with E-state index in [2.05, 4.69) is 36.0 Å². The number of nitrogens with zero attached hydrogens (tertiary/aromatic N) is 3. The van der Waals surface area contributed by atoms with Crippen LogP contribution in [0.1, 0.15) is 37.3 Å². The summed E-state index contributed by atoms with van der Waals surface area (Å²) in [4.78, 5) is 9.38. The van der Waals surface area contributed by atoms with Crippen LogP contribution in [0.3, 0.4) is 0 Å². The van der Waals surface area contributed by atoms with Crippen LogP contribution in [0.4, 0.5) is 0 Å². The van der Waals surface area contributed by atoms with E-state index in [0.717, 1.165) is 81.6 Å². The molecule has 1 heterocycles. The van der Waals surface area contributed by atoms with Crippen LogP contribution in [-0.2, 0) is 6.54 Å². The van der Waals surface area contributed by atoms with E-state index >= 15 is 0 Å². The third-order valence-corrected chi connectivity index (χ3v) is 5.40. The van der Waals surface area contributed by atoms with Crippen molar-refractivity contribution in [2.75, 3.05) is 54.0 Å². The monoisotopic (exact) mass is 534 g/mol. The SMILES string of the molecule is CCNC(=NCCCN1CCC(O)CC1)N(C)Cc1cc(OC)c(OC)cc1C.I. The minimum absolute atomic E-state index is 0. The Balaban J connectivity index is 0.00000450. The summed E-state index contributed by atoms with van der Waals surface area (Å²) in [5.41, 5.74) is 2.35. The van der Waals surface area contributed by atoms with Gasteiger partial charge in [0, 0.05) is 39.8 Å². The summed E-state index contributed by atoms with van der Waals surface area (Å²) in [7, 11) is 5.38. The molecule has 0 aromatic heterocycles. The Morgan fingerprint density at radius 3 is 2.47 bits per heavy atom. The highest BCUT2D eigenvalue weighted by molar-refractivity contribution is 14.0. The number of likely N-dealkylation sites (tertiary alicyclic amines) is 1. The third kappa shape index (κ3) is 8.11. The molecule has 0 unspecified atom stereocenters. The zero-order chi connectivity index (χ0) is 21.2. The minimum atomic E-state index is -0.113. The maximum Gasteiger partial charge on any atom is 0.193 e. The number of aryl methyl sites for hydroxylation is 1. The van der Waals surface area contributed by atoms with Crippen LogP contribution in [0.25, 0.3) is 0 Å². The first-order valence-corrected chi connectivity index (χ1v) is 10.6. The van der Waals surface area contributed by atoms with Crippen molar-refractivity contribution in [3.63, 3.8) is 0 Å². The second-order valence-corrected chi connectivity index (χ2v) is 7.65. The maximum atomic E-state index is 9.62. The first-order valence-electron chi connectivity index (χ1n) is 10.6. The fraction of sp³-hybridized carbons (Fsp3) is 0.682. The Kier molecular flexibility index (Phi) is 12.4. The Morgan fingerprint density at radius 1 is 1.23 bits per heavy atom. The van der Waals surface area contributed by atoms with Crippen molar-refractivity contribution in [2.24, 2.45) is 4.99 Å². The largest absolute Gasteiger partial charge is 0.493 e. The van der Waals surface area contributed by atoms with E-state index in [9.17, 15) is 5.11 Å². The van der Waals surface area contributed by atoms with Crippen molar-refractivity contribution in [3.8, 4) is 11.5 Å². The molecule has 172 valence electrons. The highest BCUT2D eigenvalue weighted by Crippen LogP contribution is 2.30. The van der Waals surface area contributed by atoms with Gasteiger partial charge in [-0.15, -0.1) is 24.0 Å². The molecule has 1 aliphatic rings. The number of methoxy groups -OCH3 is 2. The molecule has 0 amide bonds. The van der Waals surface area contributed by atoms with Gasteiger partial charge in [0.15, 0.2) is 17.5 Å². The molecule has 1 aromatic carbocycles. The summed E-state index contributed by atoms with van der Waals surface area (Å²) in [6.07, 6.45) is 2.69. The van der Waals surface area contributed by atoms with Crippen molar-refractivity contribution >= 4 is 29.9 Å². The average molecular weight is 534 g/mol. The molecule has 1 aliphatic heterocycles. The molecule has 8 heteroatoms. The van der Waals surface area contributed by atoms with Gasteiger partial charge in [0.2, 0.25) is 0 Å². The number of hydrogen-bond acceptors (Lipinski definition) is 5. The molecule has 30 heavy (non-hydrogen) atoms. The first-order chi connectivity index (χ1) is 14.0. The number of aliphatic hydroxyl groups excluding tert-OH is 1. The second-order valence-electron chi connectivity index (χ2n) is 7.65. The number of hydrogen-bond donors (Lipinski definition) is 2. The summed E-state index contributed by atoms with van der Waals surface area (Å²) in [6.45, 7) is 9.55. The number of aliphatic hydroxyl groups is 1. The number of ether oxygens (including phenoxy) is 2. The summed E-state index contributed by atoms with van der Waals surface area (Å²) < 4.78 is 10.8. The zero-order valence-corrected chi connectivity index (χ0v) is 21.4. The first kappa shape index (κ1) is 26.8. The van der Waals surface area contributed by atoms with Gasteiger partial charge < -0.3 is 29.7 Å². The standard InChI is InChI=1S/C22H38N4O3.HI/c1-6-23-22(24-10-7-11-26-12-8-19(27)9-13-26)25(3)16-18-15-21(29-5)20(28-4)14-17(18)2;/h14-15,19,27H,6-13,16H2,1-5H3,(H,23,24);1H. The summed E-state index contributed by atoms with van der Waals surface area (Å²) >= 11 is 0. The van der Waals surface area contributed by atoms with Gasteiger partial charge in [-0.05, 0) is 62.9 Å². The minimum Gasteiger partial charge on any atom is -0.493 e. The number of piperidine rings is 1. The van der Waals surface area contributed by atoms with Crippen molar-refractivity contribution in [1.82, 2.24) is 15.1 Å². The molecule has 0 spiro atoms. The Bertz CT molecular complexity index is 664. The van der Waals surface area contributed by atoms with Crippen LogP contribution < -0.4 is 14.8 Å². The maximum absolute atomic E-state index is 9.62. The highest BCUT2D eigenvalue weighted by atomic mass is 127. The summed E-state index contributed by atoms with van der Waals surface area (Å²) in [6, 6.07) is 4.06. The van der Waals surface area contributed by atoms with Crippen LogP contribution in [-0.4, -0.2) is 81.0 Å². The Labute approximate surface area is 198 Å². The van der Waals surface area contributed by atoms with Crippen LogP contribution in [0.15, 0.2) is 17.1 Å². The smallest absolute Gasteiger partial charge is 0.193 e. The van der Waals surface area contributed by atoms with Crippen LogP contribution in [0, 0.1) is 6.92 Å². The number of aliphatic imine (C=N–C) groups is 1. The fourth-order valence-electron chi connectivity index (χ4n) is 3.62. The molecule has 0 saturated carbocycles. The van der Waals surface area contributed by atoms with E-state index in [1.54, 1.807) is 14.2 Å². The molecule has 7 nitrogen and oxygen atoms in total. The lowest BCUT2D eigenvalue weighted by molar-refractivity contribution is 0.0824. The van der Waals surface area contributed by atoms with E-state index in [-0.39, 0.29) is 30.1 Å². The lowest BCUT2D eigenvalue weighted by Crippen LogP contribution is -2.39. The molecular formula is C22H39IN4O3. The molecule has 1 saturated heterocycles. The van der Waals surface area contributed by atoms with E-state index in [0.29, 0.717) is 0 Å². The van der Waals surface area contributed by atoms with Crippen LogP contribution in [0.5, 0.6) is 11.5 Å². The van der Waals surface area contributed by atoms with Gasteiger partial charge in [0.05, 0.1) is 20.3 Å². The molecular weight excluding hydrogens is 495 g/mol. The molecule has 0 bridgehead atoms. The molecule has 2 N–H and O–H groups in total. The quantitative estimate of drug-likeness (QED) is 0.220. The van der Waals surface area contributed by atoms with Gasteiger partial charge >= 0.3 is 0 Å². The highest BCUT2D eigenvalue weighted by Gasteiger charge is 2.16. The van der Waals surface area contributed by atoms with Crippen molar-refractivity contribution in [3.05, 3.63) is 23.3 Å². The van der Waals surface area contributed by atoms with E-state index in [4.69, 9.17) is 14.5 Å². The van der Waals surface area contributed by atoms with Gasteiger partial charge in [-0.2, -0.15) is 0 Å². The third-order valence-electron chi connectivity index (χ3n) is 5.40. The van der Waals surface area contributed by atoms with Gasteiger partial charge in [-0.3, -0.25) is 4.99 Å². The summed E-state index contributed by atoms with van der Waals surface area (Å²) in [5.74, 6) is 2.41. The van der Waals surface area contributed by atoms with Crippen molar-refractivity contribution < 1.29 is 14.6 Å². The number of benzene rings is 1. The van der Waals surface area contributed by atoms with E-state index < -0.39 is 0 Å². The molecule has 0 radical (unpaired) electrons. The zero-order valence-electron chi connectivity index (χ0n) is 19.1. The number of nitrogens with one attached hydrogen (secondary N) is 1. The van der Waals surface area contributed by atoms with Crippen LogP contribution >= 0.6 is 24.0 Å². The molecule has 0 aliphatic carbocycles. The lowest BCUT2D eigenvalue weighted by Gasteiger charge is -2.29.